The number of piperidine rings is 1. The van der Waals surface area contributed by atoms with Crippen LogP contribution in [0.15, 0.2) is 54.1 Å². The monoisotopic (exact) mass is 1500 g/mol. The van der Waals surface area contributed by atoms with Gasteiger partial charge in [-0.15, -0.1) is 0 Å². The lowest BCUT2D eigenvalue weighted by atomic mass is 9.83. The van der Waals surface area contributed by atoms with Gasteiger partial charge in [0.2, 0.25) is 35.8 Å². The number of ether oxygens (including phenoxy) is 10. The number of nitrogens with zero attached hydrogens (tertiary/aromatic N) is 4. The Morgan fingerprint density at radius 3 is 2.21 bits per heavy atom. The molecule has 5 aliphatic rings. The third-order valence-corrected chi connectivity index (χ3v) is 19.7. The Morgan fingerprint density at radius 2 is 1.56 bits per heavy atom. The molecule has 11 N–H and O–H groups in total. The number of amides is 7. The van der Waals surface area contributed by atoms with E-state index in [1.54, 1.807) is 52.0 Å². The summed E-state index contributed by atoms with van der Waals surface area (Å²) < 4.78 is 57.6. The number of methoxy groups -OCH3 is 2. The second kappa shape index (κ2) is 37.3. The highest BCUT2D eigenvalue weighted by Gasteiger charge is 2.65. The molecule has 4 fully saturated rings. The topological polar surface area (TPSA) is 463 Å². The molecule has 0 radical (unpaired) electrons. The Morgan fingerprint density at radius 1 is 0.886 bits per heavy atom. The largest absolute Gasteiger partial charge is 0.495 e. The van der Waals surface area contributed by atoms with Crippen LogP contribution in [0.4, 0.5) is 21.0 Å². The molecule has 4 saturated heterocycles. The molecule has 105 heavy (non-hydrogen) atoms. The Labute approximate surface area is 612 Å². The van der Waals surface area contributed by atoms with Crippen LogP contribution in [0.5, 0.6) is 11.5 Å². The van der Waals surface area contributed by atoms with Crippen LogP contribution >= 0.6 is 11.6 Å². The van der Waals surface area contributed by atoms with Crippen molar-refractivity contribution in [1.29, 1.82) is 0 Å². The van der Waals surface area contributed by atoms with Gasteiger partial charge in [0.1, 0.15) is 77.4 Å². The summed E-state index contributed by atoms with van der Waals surface area (Å²) in [6, 6.07) is 3.58. The molecule has 15 atom stereocenters. The number of aliphatic hydroxyl groups is 4. The number of aliphatic hydroxyl groups excluding tert-OH is 3. The number of esters is 1. The van der Waals surface area contributed by atoms with E-state index in [1.807, 2.05) is 13.0 Å². The molecule has 7 rings (SSSR count). The molecule has 2 aromatic rings. The zero-order valence-electron chi connectivity index (χ0n) is 60.7. The van der Waals surface area contributed by atoms with Crippen molar-refractivity contribution < 1.29 is 126 Å². The third-order valence-electron chi connectivity index (χ3n) is 19.4. The van der Waals surface area contributed by atoms with Crippen molar-refractivity contribution in [3.05, 3.63) is 70.3 Å². The number of epoxide rings is 1. The van der Waals surface area contributed by atoms with Gasteiger partial charge in [-0.05, 0) is 88.3 Å². The summed E-state index contributed by atoms with van der Waals surface area (Å²) >= 11 is 6.87. The minimum Gasteiger partial charge on any atom is -0.495 e. The van der Waals surface area contributed by atoms with Crippen LogP contribution in [-0.2, 0) is 89.3 Å². The lowest BCUT2D eigenvalue weighted by Gasteiger charge is -2.42. The molecule has 0 saturated carbocycles. The highest BCUT2D eigenvalue weighted by atomic mass is 35.5. The quantitative estimate of drug-likeness (QED) is 0.0252. The number of carboxylic acid groups (broad SMARTS) is 2. The van der Waals surface area contributed by atoms with E-state index in [9.17, 15) is 73.5 Å². The van der Waals surface area contributed by atoms with Crippen molar-refractivity contribution >= 4 is 82.6 Å². The third kappa shape index (κ3) is 21.7. The van der Waals surface area contributed by atoms with Gasteiger partial charge >= 0.3 is 30.1 Å². The van der Waals surface area contributed by atoms with Crippen molar-refractivity contribution in [3.63, 3.8) is 0 Å². The van der Waals surface area contributed by atoms with Gasteiger partial charge in [-0.1, -0.05) is 62.2 Å². The Kier molecular flexibility index (Phi) is 29.8. The number of rotatable bonds is 28. The predicted octanol–water partition coefficient (Wildman–Crippen LogP) is 2.13. The highest BCUT2D eigenvalue weighted by Crippen LogP contribution is 2.49. The summed E-state index contributed by atoms with van der Waals surface area (Å²) in [6.07, 6.45) is -11.8. The predicted molar refractivity (Wildman–Crippen MR) is 371 cm³/mol. The first-order chi connectivity index (χ1) is 49.5. The molecule has 5 aliphatic heterocycles. The van der Waals surface area contributed by atoms with Crippen molar-refractivity contribution in [2.75, 3.05) is 84.6 Å². The fourth-order valence-corrected chi connectivity index (χ4v) is 12.9. The summed E-state index contributed by atoms with van der Waals surface area (Å²) in [4.78, 5) is 139. The fourth-order valence-electron chi connectivity index (χ4n) is 12.6. The number of alkyl carbamates (subject to hydrolysis) is 1. The van der Waals surface area contributed by atoms with Gasteiger partial charge in [-0.2, -0.15) is 0 Å². The van der Waals surface area contributed by atoms with Crippen LogP contribution in [0, 0.1) is 11.8 Å². The molecule has 1 unspecified atom stereocenters. The number of carboxylic acids is 2. The van der Waals surface area contributed by atoms with Gasteiger partial charge in [0.05, 0.1) is 69.9 Å². The summed E-state index contributed by atoms with van der Waals surface area (Å²) in [5.74, 6) is -7.67. The number of likely N-dealkylation sites (N-methyl/N-ethyl adjacent to an activating group) is 1. The molecule has 0 spiro atoms. The zero-order valence-corrected chi connectivity index (χ0v) is 61.4. The average molecular weight is 1500 g/mol. The van der Waals surface area contributed by atoms with Crippen molar-refractivity contribution in [1.82, 2.24) is 25.3 Å². The minimum absolute atomic E-state index is 0.0119. The maximum absolute atomic E-state index is 14.6. The van der Waals surface area contributed by atoms with E-state index in [0.717, 1.165) is 10.5 Å². The number of anilines is 2. The molecular formula is C70H99ClN8O26. The first-order valence-electron chi connectivity index (χ1n) is 34.5. The fraction of sp³-hybridized carbons (Fsp3) is 0.629. The van der Waals surface area contributed by atoms with E-state index in [1.165, 1.54) is 75.1 Å². The van der Waals surface area contributed by atoms with E-state index in [0.29, 0.717) is 12.0 Å². The number of carbonyl (C=O) groups excluding carboxylic acids is 8. The lowest BCUT2D eigenvalue weighted by molar-refractivity contribution is -0.271. The Balaban J connectivity index is 1.03. The summed E-state index contributed by atoms with van der Waals surface area (Å²) in [7, 11) is 5.67. The van der Waals surface area contributed by atoms with Gasteiger partial charge in [0, 0.05) is 72.1 Å². The summed E-state index contributed by atoms with van der Waals surface area (Å²) in [6.45, 7) is 11.2. The van der Waals surface area contributed by atoms with Crippen LogP contribution in [-0.4, -0.2) is 270 Å². The smallest absolute Gasteiger partial charge is 0.410 e. The molecule has 5 heterocycles. The van der Waals surface area contributed by atoms with Crippen molar-refractivity contribution in [3.8, 4) is 11.5 Å². The first kappa shape index (κ1) is 84.0. The van der Waals surface area contributed by atoms with Crippen molar-refractivity contribution in [2.24, 2.45) is 17.6 Å². The van der Waals surface area contributed by atoms with Crippen LogP contribution in [0.2, 0.25) is 5.02 Å². The molecule has 34 nitrogen and oxygen atoms in total. The first-order valence-corrected chi connectivity index (χ1v) is 34.9. The number of aliphatic carboxylic acids is 2. The minimum atomic E-state index is -2.06. The van der Waals surface area contributed by atoms with E-state index in [4.69, 9.17) is 69.8 Å². The lowest BCUT2D eigenvalue weighted by Crippen LogP contribution is -2.63. The molecule has 582 valence electrons. The van der Waals surface area contributed by atoms with Gasteiger partial charge in [-0.25, -0.2) is 19.2 Å². The van der Waals surface area contributed by atoms with Gasteiger partial charge < -0.3 is 114 Å². The summed E-state index contributed by atoms with van der Waals surface area (Å²) in [5.41, 5.74) is 4.57. The normalized spacial score (nSPS) is 27.4. The second-order valence-corrected chi connectivity index (χ2v) is 27.7. The number of carbonyl (C=O) groups is 10. The Hall–Kier alpha value is -8.29. The molecule has 0 aliphatic carbocycles. The maximum Gasteiger partial charge on any atom is 0.410 e. The standard InChI is InChI=1S/C70H99ClN8O26/c1-36(2)56(72)63(89)73-39(5)62(88)74-44-16-15-41(31-46(44)101-66-59(87)57(85)58(86)60(104-66)64(90)91)35-100-68(94)78-22-19-43(20-23-78)79(24-26-99-28-27-98-25-21-54(83)84)52(81)18-17-51(80)76(8)40(6)65(92)103-50-33-53(82)77(9)45-30-42(32-47(96-10)55(45)71)29-37(3)13-12-14-49(97-11)70(95)34-48(102-67(93)75-70)38(4)61-69(50,7)105-61/h12-16,30-32,36,38-40,43,48-50,56-61,66,85-87,95H,17-29,33-35,72H2,1-11H3,(H,73,89)(H,74,88)(H,75,93)(H,83,84)(H,90,91)/b14-12+,37-13+/t38-,39+,40+,48+,49-,50+,56+,57+,58+,59-,60+,61?,66-,69+,70+/m1/s1. The van der Waals surface area contributed by atoms with Crippen LogP contribution in [0.1, 0.15) is 105 Å². The van der Waals surface area contributed by atoms with Crippen LogP contribution < -0.4 is 36.1 Å². The number of hydrogen-bond acceptors (Lipinski definition) is 25. The SMILES string of the molecule is COc1cc2cc(c1Cl)N(C)C(=O)C[C@H](OC(=O)[C@H](C)N(C)C(=O)CCC(=O)N(CCOCCOCCC(=O)O)C1CCN(C(=O)OCc3ccc(NC(=O)[C@H](C)NC(=O)[C@@H](N)C(C)C)c(O[C@@H]4O[C@H](C(=O)O)[C@@H](O)[C@H](O)[C@H]4O)c3)CC1)[C@]1(C)OC1[C@H](C)[C@@H]1C[C@@](O)(NC(=O)O1)[C@H](OC)/C=C/C=C(\C)C2. The molecular weight excluding hydrogens is 1400 g/mol. The number of halogens is 1. The maximum atomic E-state index is 14.6. The molecule has 35 heteroatoms. The number of nitrogens with two attached hydrogens (primary N) is 1. The number of benzene rings is 2. The number of fused-ring (bicyclic) bond motifs is 5. The number of allylic oxidation sites excluding steroid dienone is 3. The van der Waals surface area contributed by atoms with E-state index < -0.39 is 176 Å². The Bertz CT molecular complexity index is 3520. The molecule has 7 amide bonds. The zero-order chi connectivity index (χ0) is 77.5. The summed E-state index contributed by atoms with van der Waals surface area (Å²) in [5, 5.41) is 70.0. The number of likely N-dealkylation sites (tertiary alicyclic amines) is 1. The van der Waals surface area contributed by atoms with Crippen LogP contribution in [0.25, 0.3) is 0 Å². The second-order valence-electron chi connectivity index (χ2n) is 27.3. The molecule has 4 bridgehead atoms. The van der Waals surface area contributed by atoms with E-state index >= 15 is 0 Å². The van der Waals surface area contributed by atoms with Gasteiger partial charge in [-0.3, -0.25) is 34.1 Å². The van der Waals surface area contributed by atoms with Gasteiger partial charge in [0.25, 0.3) is 0 Å². The van der Waals surface area contributed by atoms with Crippen LogP contribution in [0.3, 0.4) is 0 Å². The van der Waals surface area contributed by atoms with E-state index in [2.05, 4.69) is 16.0 Å². The number of nitrogens with one attached hydrogen (secondary N) is 3. The van der Waals surface area contributed by atoms with E-state index in [-0.39, 0.29) is 118 Å². The van der Waals surface area contributed by atoms with Gasteiger partial charge in [0.15, 0.2) is 11.8 Å². The van der Waals surface area contributed by atoms with Crippen molar-refractivity contribution in [2.45, 2.75) is 197 Å². The number of hydrogen-bond donors (Lipinski definition) is 10. The molecule has 2 aromatic carbocycles. The highest BCUT2D eigenvalue weighted by molar-refractivity contribution is 6.35. The average Bonchev–Trinajstić information content (AvgIpc) is 1.57. The molecule has 0 aromatic heterocycles.